The lowest BCUT2D eigenvalue weighted by atomic mass is 9.79. The molecule has 2 fully saturated rings. The second-order valence-electron chi connectivity index (χ2n) is 8.97. The maximum Gasteiger partial charge on any atom is 0.412 e. The minimum absolute atomic E-state index is 0.321. The van der Waals surface area contributed by atoms with Crippen LogP contribution in [0.5, 0.6) is 5.75 Å². The Morgan fingerprint density at radius 3 is 2.86 bits per heavy atom. The zero-order valence-electron chi connectivity index (χ0n) is 17.4. The van der Waals surface area contributed by atoms with Crippen LogP contribution >= 0.6 is 0 Å². The predicted molar refractivity (Wildman–Crippen MR) is 113 cm³/mol. The monoisotopic (exact) mass is 384 g/mol. The highest BCUT2D eigenvalue weighted by molar-refractivity contribution is 5.71. The van der Waals surface area contributed by atoms with Crippen molar-refractivity contribution in [3.63, 3.8) is 0 Å². The van der Waals surface area contributed by atoms with Crippen molar-refractivity contribution in [2.75, 3.05) is 19.6 Å². The van der Waals surface area contributed by atoms with E-state index in [0.717, 1.165) is 24.5 Å². The third kappa shape index (κ3) is 4.37. The first-order chi connectivity index (χ1) is 13.8. The molecule has 1 aliphatic heterocycles. The zero-order valence-corrected chi connectivity index (χ0v) is 17.4. The maximum atomic E-state index is 12.0. The van der Waals surface area contributed by atoms with Crippen LogP contribution in [0.2, 0.25) is 0 Å². The van der Waals surface area contributed by atoms with Crippen LogP contribution in [-0.2, 0) is 6.42 Å². The Hall–Kier alpha value is -1.55. The van der Waals surface area contributed by atoms with Crippen molar-refractivity contribution >= 4 is 6.09 Å². The Balaban J connectivity index is 1.39. The number of carbonyl (C=O) groups is 1. The van der Waals surface area contributed by atoms with E-state index in [2.05, 4.69) is 22.3 Å². The Morgan fingerprint density at radius 2 is 2.04 bits per heavy atom. The largest absolute Gasteiger partial charge is 0.412 e. The maximum absolute atomic E-state index is 12.0. The molecule has 3 aliphatic rings. The molecule has 1 amide bonds. The summed E-state index contributed by atoms with van der Waals surface area (Å²) in [5, 5.41) is 2.82. The summed E-state index contributed by atoms with van der Waals surface area (Å²) in [5.74, 6) is 2.34. The molecule has 0 aromatic heterocycles. The highest BCUT2D eigenvalue weighted by atomic mass is 16.6. The van der Waals surface area contributed by atoms with Crippen LogP contribution in [0.15, 0.2) is 18.2 Å². The second kappa shape index (κ2) is 9.30. The van der Waals surface area contributed by atoms with Gasteiger partial charge in [-0.05, 0) is 68.3 Å². The molecule has 0 radical (unpaired) electrons. The van der Waals surface area contributed by atoms with Gasteiger partial charge in [0.1, 0.15) is 5.75 Å². The molecule has 1 aromatic carbocycles. The van der Waals surface area contributed by atoms with Crippen molar-refractivity contribution in [3.8, 4) is 5.75 Å². The normalized spacial score (nSPS) is 25.2. The Labute approximate surface area is 170 Å². The number of rotatable bonds is 6. The molecule has 2 aliphatic carbocycles. The van der Waals surface area contributed by atoms with Crippen molar-refractivity contribution < 1.29 is 9.53 Å². The van der Waals surface area contributed by atoms with Crippen molar-refractivity contribution in [2.45, 2.75) is 83.1 Å². The Bertz CT molecular complexity index is 669. The SMILES string of the molecule is CCCNC(=O)Oc1cccc2c1CC[C@@H]1[C@H]2CCN1CCC1CCCCC1. The number of ether oxygens (including phenoxy) is 1. The smallest absolute Gasteiger partial charge is 0.410 e. The van der Waals surface area contributed by atoms with Gasteiger partial charge >= 0.3 is 6.09 Å². The highest BCUT2D eigenvalue weighted by Gasteiger charge is 2.39. The van der Waals surface area contributed by atoms with Crippen molar-refractivity contribution in [1.82, 2.24) is 10.2 Å². The van der Waals surface area contributed by atoms with E-state index in [0.29, 0.717) is 18.5 Å². The van der Waals surface area contributed by atoms with Gasteiger partial charge in [0.25, 0.3) is 0 Å². The van der Waals surface area contributed by atoms with Gasteiger partial charge in [-0.3, -0.25) is 4.90 Å². The summed E-state index contributed by atoms with van der Waals surface area (Å²) in [7, 11) is 0. The number of carbonyl (C=O) groups excluding carboxylic acids is 1. The van der Waals surface area contributed by atoms with E-state index < -0.39 is 0 Å². The van der Waals surface area contributed by atoms with Crippen LogP contribution in [0.3, 0.4) is 0 Å². The number of likely N-dealkylation sites (tertiary alicyclic amines) is 1. The van der Waals surface area contributed by atoms with Crippen molar-refractivity contribution in [1.29, 1.82) is 0 Å². The first-order valence-corrected chi connectivity index (χ1v) is 11.6. The fraction of sp³-hybridized carbons (Fsp3) is 0.708. The quantitative estimate of drug-likeness (QED) is 0.727. The van der Waals surface area contributed by atoms with E-state index in [1.807, 2.05) is 13.0 Å². The van der Waals surface area contributed by atoms with E-state index in [1.165, 1.54) is 75.6 Å². The van der Waals surface area contributed by atoms with Crippen molar-refractivity contribution in [3.05, 3.63) is 29.3 Å². The fourth-order valence-corrected chi connectivity index (χ4v) is 5.71. The molecule has 2 atom stereocenters. The van der Waals surface area contributed by atoms with Crippen LogP contribution in [0.4, 0.5) is 4.79 Å². The van der Waals surface area contributed by atoms with Crippen LogP contribution in [0.1, 0.15) is 81.8 Å². The molecule has 0 spiro atoms. The van der Waals surface area contributed by atoms with Crippen LogP contribution in [0.25, 0.3) is 0 Å². The molecule has 4 rings (SSSR count). The van der Waals surface area contributed by atoms with Gasteiger partial charge in [-0.1, -0.05) is 51.2 Å². The van der Waals surface area contributed by atoms with E-state index in [1.54, 1.807) is 0 Å². The standard InChI is InChI=1S/C24H36N2O2/c1-2-15-25-24(27)28-23-10-6-9-19-20-14-17-26(22(20)12-11-21(19)23)16-13-18-7-4-3-5-8-18/h6,9-10,18,20,22H,2-5,7-8,11-17H2,1H3,(H,25,27)/t20-,22+/m0/s1. The molecule has 1 N–H and O–H groups in total. The van der Waals surface area contributed by atoms with Gasteiger partial charge in [0.2, 0.25) is 0 Å². The Kier molecular flexibility index (Phi) is 6.56. The molecule has 1 heterocycles. The molecule has 4 nitrogen and oxygen atoms in total. The zero-order chi connectivity index (χ0) is 19.3. The minimum Gasteiger partial charge on any atom is -0.410 e. The van der Waals surface area contributed by atoms with Gasteiger partial charge in [-0.25, -0.2) is 4.79 Å². The fourth-order valence-electron chi connectivity index (χ4n) is 5.71. The molecule has 28 heavy (non-hydrogen) atoms. The Morgan fingerprint density at radius 1 is 1.18 bits per heavy atom. The molecule has 4 heteroatoms. The summed E-state index contributed by atoms with van der Waals surface area (Å²) in [6.07, 6.45) is 12.7. The lowest BCUT2D eigenvalue weighted by Crippen LogP contribution is -2.36. The van der Waals surface area contributed by atoms with Crippen LogP contribution < -0.4 is 10.1 Å². The number of hydrogen-bond donors (Lipinski definition) is 1. The number of fused-ring (bicyclic) bond motifs is 3. The van der Waals surface area contributed by atoms with Crippen LogP contribution in [0, 0.1) is 5.92 Å². The van der Waals surface area contributed by atoms with Crippen LogP contribution in [-0.4, -0.2) is 36.7 Å². The number of amides is 1. The van der Waals surface area contributed by atoms with Gasteiger partial charge < -0.3 is 10.1 Å². The van der Waals surface area contributed by atoms with Gasteiger partial charge in [0.15, 0.2) is 0 Å². The van der Waals surface area contributed by atoms with E-state index in [-0.39, 0.29) is 6.09 Å². The molecule has 0 bridgehead atoms. The number of nitrogens with one attached hydrogen (secondary N) is 1. The highest BCUT2D eigenvalue weighted by Crippen LogP contribution is 2.44. The van der Waals surface area contributed by atoms with E-state index in [9.17, 15) is 4.79 Å². The molecule has 1 saturated heterocycles. The molecular weight excluding hydrogens is 348 g/mol. The van der Waals surface area contributed by atoms with Crippen molar-refractivity contribution in [2.24, 2.45) is 5.92 Å². The van der Waals surface area contributed by atoms with Gasteiger partial charge in [-0.15, -0.1) is 0 Å². The topological polar surface area (TPSA) is 41.6 Å². The lowest BCUT2D eigenvalue weighted by Gasteiger charge is -2.35. The first kappa shape index (κ1) is 19.8. The summed E-state index contributed by atoms with van der Waals surface area (Å²) < 4.78 is 5.65. The predicted octanol–water partition coefficient (Wildman–Crippen LogP) is 5.26. The van der Waals surface area contributed by atoms with E-state index in [4.69, 9.17) is 4.74 Å². The van der Waals surface area contributed by atoms with Gasteiger partial charge in [-0.2, -0.15) is 0 Å². The molecule has 1 saturated carbocycles. The molecule has 154 valence electrons. The number of benzene rings is 1. The summed E-state index contributed by atoms with van der Waals surface area (Å²) in [4.78, 5) is 14.8. The summed E-state index contributed by atoms with van der Waals surface area (Å²) in [6, 6.07) is 6.97. The van der Waals surface area contributed by atoms with Gasteiger partial charge in [0.05, 0.1) is 0 Å². The third-order valence-corrected chi connectivity index (χ3v) is 7.19. The van der Waals surface area contributed by atoms with E-state index >= 15 is 0 Å². The minimum atomic E-state index is -0.321. The molecular formula is C24H36N2O2. The average molecular weight is 385 g/mol. The van der Waals surface area contributed by atoms with Gasteiger partial charge in [0, 0.05) is 18.5 Å². The number of nitrogens with zero attached hydrogens (tertiary/aromatic N) is 1. The first-order valence-electron chi connectivity index (χ1n) is 11.6. The molecule has 0 unspecified atom stereocenters. The average Bonchev–Trinajstić information content (AvgIpc) is 3.15. The number of hydrogen-bond acceptors (Lipinski definition) is 3. The second-order valence-corrected chi connectivity index (χ2v) is 8.97. The third-order valence-electron chi connectivity index (χ3n) is 7.19. The summed E-state index contributed by atoms with van der Waals surface area (Å²) in [6.45, 7) is 5.21. The lowest BCUT2D eigenvalue weighted by molar-refractivity contribution is 0.194. The summed E-state index contributed by atoms with van der Waals surface area (Å²) in [5.41, 5.74) is 2.70. The molecule has 1 aromatic rings. The summed E-state index contributed by atoms with van der Waals surface area (Å²) >= 11 is 0.